The number of hydrazone groups is 1. The second-order valence-corrected chi connectivity index (χ2v) is 7.80. The zero-order valence-corrected chi connectivity index (χ0v) is 19.4. The number of methoxy groups -OCH3 is 1. The maximum Gasteiger partial charge on any atom is 0.329 e. The molecule has 9 heteroatoms. The van der Waals surface area contributed by atoms with Crippen molar-refractivity contribution in [2.24, 2.45) is 5.10 Å². The maximum absolute atomic E-state index is 12.0. The normalized spacial score (nSPS) is 10.7. The van der Waals surface area contributed by atoms with E-state index in [-0.39, 0.29) is 6.61 Å². The Hall–Kier alpha value is -3.55. The molecule has 3 rings (SSSR count). The van der Waals surface area contributed by atoms with Gasteiger partial charge in [-0.15, -0.1) is 0 Å². The monoisotopic (exact) mass is 485 g/mol. The second-order valence-electron chi connectivity index (χ2n) is 6.95. The molecule has 0 atom stereocenters. The Morgan fingerprint density at radius 1 is 0.970 bits per heavy atom. The van der Waals surface area contributed by atoms with Crippen molar-refractivity contribution in [1.29, 1.82) is 0 Å². The summed E-state index contributed by atoms with van der Waals surface area (Å²) in [5, 5.41) is 7.27. The summed E-state index contributed by atoms with van der Waals surface area (Å²) in [5.74, 6) is -0.617. The molecule has 0 fully saturated rings. The van der Waals surface area contributed by atoms with Crippen LogP contribution in [0.25, 0.3) is 0 Å². The van der Waals surface area contributed by atoms with Crippen LogP contribution in [0.15, 0.2) is 65.8 Å². The molecule has 2 amide bonds. The van der Waals surface area contributed by atoms with E-state index < -0.39 is 11.8 Å². The molecule has 0 heterocycles. The molecule has 2 N–H and O–H groups in total. The molecule has 7 nitrogen and oxygen atoms in total. The number of hydrogen-bond donors (Lipinski definition) is 2. The highest BCUT2D eigenvalue weighted by atomic mass is 35.5. The highest BCUT2D eigenvalue weighted by Crippen LogP contribution is 2.29. The number of carbonyl (C=O) groups excluding carboxylic acids is 2. The minimum atomic E-state index is -0.888. The molecule has 0 aliphatic carbocycles. The van der Waals surface area contributed by atoms with Gasteiger partial charge in [-0.05, 0) is 61.0 Å². The van der Waals surface area contributed by atoms with Crippen molar-refractivity contribution in [2.75, 3.05) is 12.4 Å². The first kappa shape index (κ1) is 24.1. The molecule has 3 aromatic rings. The van der Waals surface area contributed by atoms with Gasteiger partial charge >= 0.3 is 11.8 Å². The van der Waals surface area contributed by atoms with Gasteiger partial charge in [0.25, 0.3) is 0 Å². The summed E-state index contributed by atoms with van der Waals surface area (Å²) in [4.78, 5) is 24.0. The summed E-state index contributed by atoms with van der Waals surface area (Å²) in [7, 11) is 1.55. The van der Waals surface area contributed by atoms with Crippen molar-refractivity contribution in [3.05, 3.63) is 87.4 Å². The number of hydrogen-bond acceptors (Lipinski definition) is 5. The van der Waals surface area contributed by atoms with E-state index in [0.717, 1.165) is 11.1 Å². The van der Waals surface area contributed by atoms with Crippen LogP contribution in [0.4, 0.5) is 5.69 Å². The van der Waals surface area contributed by atoms with Gasteiger partial charge in [-0.2, -0.15) is 5.10 Å². The highest BCUT2D eigenvalue weighted by Gasteiger charge is 2.13. The zero-order valence-electron chi connectivity index (χ0n) is 17.9. The summed E-state index contributed by atoms with van der Waals surface area (Å²) in [5.41, 5.74) is 5.17. The Balaban J connectivity index is 1.61. The highest BCUT2D eigenvalue weighted by molar-refractivity contribution is 6.39. The average Bonchev–Trinajstić information content (AvgIpc) is 2.80. The number of anilines is 1. The molecule has 0 saturated heterocycles. The summed E-state index contributed by atoms with van der Waals surface area (Å²) in [6.45, 7) is 2.11. The van der Waals surface area contributed by atoms with Gasteiger partial charge in [0.2, 0.25) is 0 Å². The third kappa shape index (κ3) is 6.97. The molecular weight excluding hydrogens is 465 g/mol. The van der Waals surface area contributed by atoms with Crippen LogP contribution in [0.5, 0.6) is 11.5 Å². The zero-order chi connectivity index (χ0) is 23.8. The minimum Gasteiger partial charge on any atom is -0.496 e. The lowest BCUT2D eigenvalue weighted by atomic mass is 10.1. The van der Waals surface area contributed by atoms with Crippen LogP contribution in [0, 0.1) is 6.92 Å². The lowest BCUT2D eigenvalue weighted by molar-refractivity contribution is -0.136. The summed E-state index contributed by atoms with van der Waals surface area (Å²) >= 11 is 12.1. The van der Waals surface area contributed by atoms with Crippen LogP contribution in [-0.4, -0.2) is 25.1 Å². The molecule has 3 aromatic carbocycles. The number of amides is 2. The number of aryl methyl sites for hydroxylation is 1. The molecule has 0 bridgehead atoms. The van der Waals surface area contributed by atoms with Crippen molar-refractivity contribution in [2.45, 2.75) is 13.5 Å². The van der Waals surface area contributed by atoms with Crippen LogP contribution < -0.4 is 20.2 Å². The third-order valence-corrected chi connectivity index (χ3v) is 5.01. The van der Waals surface area contributed by atoms with Gasteiger partial charge < -0.3 is 14.8 Å². The molecule has 0 aromatic heterocycles. The van der Waals surface area contributed by atoms with Gasteiger partial charge in [-0.1, -0.05) is 40.9 Å². The van der Waals surface area contributed by atoms with Crippen molar-refractivity contribution in [3.63, 3.8) is 0 Å². The van der Waals surface area contributed by atoms with E-state index in [0.29, 0.717) is 32.8 Å². The van der Waals surface area contributed by atoms with Gasteiger partial charge in [0.1, 0.15) is 18.1 Å². The van der Waals surface area contributed by atoms with Gasteiger partial charge in [-0.3, -0.25) is 9.59 Å². The summed E-state index contributed by atoms with van der Waals surface area (Å²) in [6, 6.07) is 17.3. The van der Waals surface area contributed by atoms with Gasteiger partial charge in [0.05, 0.1) is 18.3 Å². The van der Waals surface area contributed by atoms with Crippen molar-refractivity contribution in [3.8, 4) is 11.5 Å². The predicted octanol–water partition coefficient (Wildman–Crippen LogP) is 4.98. The second kappa shape index (κ2) is 11.4. The number of halogens is 2. The van der Waals surface area contributed by atoms with Crippen LogP contribution in [0.2, 0.25) is 10.0 Å². The number of benzene rings is 3. The summed E-state index contributed by atoms with van der Waals surface area (Å²) < 4.78 is 11.2. The van der Waals surface area contributed by atoms with E-state index in [9.17, 15) is 9.59 Å². The topological polar surface area (TPSA) is 89.0 Å². The Morgan fingerprint density at radius 3 is 2.39 bits per heavy atom. The van der Waals surface area contributed by atoms with Crippen LogP contribution in [0.1, 0.15) is 16.7 Å². The summed E-state index contributed by atoms with van der Waals surface area (Å²) in [6.07, 6.45) is 1.41. The number of nitrogens with zero attached hydrogens (tertiary/aromatic N) is 1. The average molecular weight is 486 g/mol. The number of ether oxygens (including phenoxy) is 2. The molecule has 0 saturated carbocycles. The number of carbonyl (C=O) groups is 2. The SMILES string of the molecule is COc1ccc(/C=N/NC(=O)C(=O)Nc2ccc(C)cc2)cc1COc1ccc(Cl)cc1Cl. The fourth-order valence-corrected chi connectivity index (χ4v) is 3.24. The predicted molar refractivity (Wildman–Crippen MR) is 129 cm³/mol. The van der Waals surface area contributed by atoms with Gasteiger partial charge in [0.15, 0.2) is 0 Å². The van der Waals surface area contributed by atoms with Crippen LogP contribution >= 0.6 is 23.2 Å². The lowest BCUT2D eigenvalue weighted by Gasteiger charge is -2.12. The first-order chi connectivity index (χ1) is 15.9. The Labute approximate surface area is 201 Å². The Bertz CT molecular complexity index is 1180. The molecular formula is C24H21Cl2N3O4. The fraction of sp³-hybridized carbons (Fsp3) is 0.125. The Morgan fingerprint density at radius 2 is 1.70 bits per heavy atom. The van der Waals surface area contributed by atoms with Crippen LogP contribution in [-0.2, 0) is 16.2 Å². The number of nitrogens with one attached hydrogen (secondary N) is 2. The third-order valence-electron chi connectivity index (χ3n) is 4.48. The van der Waals surface area contributed by atoms with Gasteiger partial charge in [0, 0.05) is 16.3 Å². The van der Waals surface area contributed by atoms with E-state index in [4.69, 9.17) is 32.7 Å². The van der Waals surface area contributed by atoms with E-state index >= 15 is 0 Å². The van der Waals surface area contributed by atoms with Crippen molar-refractivity contribution < 1.29 is 19.1 Å². The minimum absolute atomic E-state index is 0.178. The smallest absolute Gasteiger partial charge is 0.329 e. The first-order valence-corrected chi connectivity index (χ1v) is 10.6. The Kier molecular flexibility index (Phi) is 8.29. The van der Waals surface area contributed by atoms with E-state index in [1.807, 2.05) is 19.1 Å². The van der Waals surface area contributed by atoms with E-state index in [1.165, 1.54) is 6.21 Å². The van der Waals surface area contributed by atoms with E-state index in [1.54, 1.807) is 55.6 Å². The standard InChI is InChI=1S/C24H21Cl2N3O4/c1-15-3-7-19(8-4-15)28-23(30)24(31)29-27-13-16-5-9-21(32-2)17(11-16)14-33-22-10-6-18(25)12-20(22)26/h3-13H,14H2,1-2H3,(H,28,30)(H,29,31)/b27-13+. The molecule has 0 radical (unpaired) electrons. The lowest BCUT2D eigenvalue weighted by Crippen LogP contribution is -2.32. The molecule has 170 valence electrons. The molecule has 33 heavy (non-hydrogen) atoms. The molecule has 0 unspecified atom stereocenters. The molecule has 0 spiro atoms. The van der Waals surface area contributed by atoms with E-state index in [2.05, 4.69) is 15.8 Å². The fourth-order valence-electron chi connectivity index (χ4n) is 2.78. The first-order valence-electron chi connectivity index (χ1n) is 9.81. The van der Waals surface area contributed by atoms with Crippen molar-refractivity contribution >= 4 is 46.9 Å². The van der Waals surface area contributed by atoms with Crippen molar-refractivity contribution in [1.82, 2.24) is 5.43 Å². The van der Waals surface area contributed by atoms with Gasteiger partial charge in [-0.25, -0.2) is 5.43 Å². The number of rotatable bonds is 7. The molecule has 0 aliphatic heterocycles. The molecule has 0 aliphatic rings. The quantitative estimate of drug-likeness (QED) is 0.280. The largest absolute Gasteiger partial charge is 0.496 e. The van der Waals surface area contributed by atoms with Crippen LogP contribution in [0.3, 0.4) is 0 Å². The maximum atomic E-state index is 12.0.